The number of rotatable bonds is 7. The number of carbonyl (C=O) groups excluding carboxylic acids is 2. The number of amides is 3. The Morgan fingerprint density at radius 3 is 2.02 bits per heavy atom. The second-order valence-corrected chi connectivity index (χ2v) is 12.8. The van der Waals surface area contributed by atoms with Crippen molar-refractivity contribution in [3.63, 3.8) is 0 Å². The van der Waals surface area contributed by atoms with Gasteiger partial charge in [-0.05, 0) is 47.2 Å². The Morgan fingerprint density at radius 2 is 1.50 bits per heavy atom. The first-order valence-electron chi connectivity index (χ1n) is 13.2. The maximum absolute atomic E-state index is 13.5. The van der Waals surface area contributed by atoms with Crippen molar-refractivity contribution in [1.82, 2.24) is 14.5 Å². The maximum Gasteiger partial charge on any atom is 0.416 e. The standard InChI is InChI=1S/C28H37F3N4O4S/c1-6-19(2)24(33-40(38,39)23-12-10-20(11-13-23)27(3,4)5)25(36)34-14-16-35(17-15-34)26(37)32-22-9-7-8-21(18-22)28(29,30)31/h7-13,18-19,24,33H,6,14-17H2,1-5H3,(H,32,37). The van der Waals surface area contributed by atoms with E-state index >= 15 is 0 Å². The van der Waals surface area contributed by atoms with Crippen molar-refractivity contribution in [1.29, 1.82) is 0 Å². The zero-order chi connectivity index (χ0) is 29.9. The van der Waals surface area contributed by atoms with Gasteiger partial charge in [-0.2, -0.15) is 17.9 Å². The Balaban J connectivity index is 1.65. The van der Waals surface area contributed by atoms with Crippen molar-refractivity contribution in [3.8, 4) is 0 Å². The number of hydrogen-bond donors (Lipinski definition) is 2. The van der Waals surface area contributed by atoms with Crippen LogP contribution in [0.15, 0.2) is 53.4 Å². The number of piperazine rings is 1. The monoisotopic (exact) mass is 582 g/mol. The van der Waals surface area contributed by atoms with Gasteiger partial charge in [0, 0.05) is 31.9 Å². The van der Waals surface area contributed by atoms with E-state index in [0.717, 1.165) is 17.7 Å². The molecule has 3 rings (SSSR count). The number of sulfonamides is 1. The van der Waals surface area contributed by atoms with Crippen molar-refractivity contribution in [2.24, 2.45) is 5.92 Å². The Morgan fingerprint density at radius 1 is 0.925 bits per heavy atom. The number of carbonyl (C=O) groups is 2. The van der Waals surface area contributed by atoms with Crippen LogP contribution in [0.2, 0.25) is 0 Å². The summed E-state index contributed by atoms with van der Waals surface area (Å²) in [5, 5.41) is 2.47. The molecule has 2 aromatic carbocycles. The highest BCUT2D eigenvalue weighted by Crippen LogP contribution is 2.31. The molecular formula is C28H37F3N4O4S. The van der Waals surface area contributed by atoms with E-state index < -0.39 is 33.8 Å². The lowest BCUT2D eigenvalue weighted by molar-refractivity contribution is -0.137. The molecule has 2 N–H and O–H groups in total. The lowest BCUT2D eigenvalue weighted by atomic mass is 9.87. The van der Waals surface area contributed by atoms with Crippen LogP contribution in [-0.4, -0.2) is 62.4 Å². The van der Waals surface area contributed by atoms with E-state index in [1.54, 1.807) is 19.1 Å². The van der Waals surface area contributed by atoms with E-state index in [4.69, 9.17) is 0 Å². The number of alkyl halides is 3. The molecule has 1 aliphatic rings. The molecule has 1 saturated heterocycles. The predicted molar refractivity (Wildman–Crippen MR) is 147 cm³/mol. The van der Waals surface area contributed by atoms with E-state index in [9.17, 15) is 31.2 Å². The van der Waals surface area contributed by atoms with E-state index in [-0.39, 0.29) is 54.0 Å². The van der Waals surface area contributed by atoms with Crippen molar-refractivity contribution >= 4 is 27.6 Å². The topological polar surface area (TPSA) is 98.8 Å². The smallest absolute Gasteiger partial charge is 0.338 e. The van der Waals surface area contributed by atoms with Gasteiger partial charge in [-0.1, -0.05) is 59.2 Å². The molecule has 1 heterocycles. The largest absolute Gasteiger partial charge is 0.416 e. The molecule has 8 nitrogen and oxygen atoms in total. The van der Waals surface area contributed by atoms with Crippen LogP contribution in [0.4, 0.5) is 23.7 Å². The van der Waals surface area contributed by atoms with Gasteiger partial charge in [0.2, 0.25) is 15.9 Å². The van der Waals surface area contributed by atoms with Crippen LogP contribution in [0.5, 0.6) is 0 Å². The molecule has 220 valence electrons. The van der Waals surface area contributed by atoms with Crippen LogP contribution in [0.3, 0.4) is 0 Å². The summed E-state index contributed by atoms with van der Waals surface area (Å²) in [6.45, 7) is 10.4. The van der Waals surface area contributed by atoms with Crippen molar-refractivity contribution in [2.45, 2.75) is 63.6 Å². The number of nitrogens with zero attached hydrogens (tertiary/aromatic N) is 2. The van der Waals surface area contributed by atoms with Crippen molar-refractivity contribution in [2.75, 3.05) is 31.5 Å². The molecule has 0 bridgehead atoms. The number of hydrogen-bond acceptors (Lipinski definition) is 4. The maximum atomic E-state index is 13.5. The number of urea groups is 1. The molecule has 2 aromatic rings. The molecule has 1 fully saturated rings. The summed E-state index contributed by atoms with van der Waals surface area (Å²) >= 11 is 0. The molecule has 0 aliphatic carbocycles. The zero-order valence-electron chi connectivity index (χ0n) is 23.4. The molecule has 0 aromatic heterocycles. The van der Waals surface area contributed by atoms with Gasteiger partial charge in [-0.3, -0.25) is 4.79 Å². The molecule has 40 heavy (non-hydrogen) atoms. The van der Waals surface area contributed by atoms with Crippen LogP contribution in [0, 0.1) is 5.92 Å². The summed E-state index contributed by atoms with van der Waals surface area (Å²) in [5.41, 5.74) is -0.0163. The first-order chi connectivity index (χ1) is 18.5. The molecule has 2 unspecified atom stereocenters. The fourth-order valence-corrected chi connectivity index (χ4v) is 5.62. The van der Waals surface area contributed by atoms with Gasteiger partial charge in [0.25, 0.3) is 0 Å². The van der Waals surface area contributed by atoms with Gasteiger partial charge in [0.1, 0.15) is 6.04 Å². The lowest BCUT2D eigenvalue weighted by Crippen LogP contribution is -2.57. The minimum Gasteiger partial charge on any atom is -0.338 e. The highest BCUT2D eigenvalue weighted by Gasteiger charge is 2.35. The second-order valence-electron chi connectivity index (χ2n) is 11.1. The van der Waals surface area contributed by atoms with E-state index in [0.29, 0.717) is 6.42 Å². The third kappa shape index (κ3) is 7.75. The average Bonchev–Trinajstić information content (AvgIpc) is 2.90. The lowest BCUT2D eigenvalue weighted by Gasteiger charge is -2.37. The van der Waals surface area contributed by atoms with E-state index in [2.05, 4.69) is 10.0 Å². The number of halogens is 3. The normalized spacial score (nSPS) is 16.4. The number of anilines is 1. The Bertz CT molecular complexity index is 1300. The van der Waals surface area contributed by atoms with Gasteiger partial charge >= 0.3 is 12.2 Å². The zero-order valence-corrected chi connectivity index (χ0v) is 24.2. The predicted octanol–water partition coefficient (Wildman–Crippen LogP) is 5.07. The summed E-state index contributed by atoms with van der Waals surface area (Å²) in [5.74, 6) is -0.680. The van der Waals surface area contributed by atoms with Crippen molar-refractivity contribution in [3.05, 3.63) is 59.7 Å². The van der Waals surface area contributed by atoms with Gasteiger partial charge in [0.15, 0.2) is 0 Å². The Kier molecular flexibility index (Phi) is 9.56. The molecule has 1 aliphatic heterocycles. The van der Waals surface area contributed by atoms with Gasteiger partial charge in [-0.25, -0.2) is 13.2 Å². The van der Waals surface area contributed by atoms with Crippen LogP contribution in [-0.2, 0) is 26.4 Å². The van der Waals surface area contributed by atoms with Gasteiger partial charge in [0.05, 0.1) is 10.5 Å². The molecule has 3 amide bonds. The minimum atomic E-state index is -4.53. The fourth-order valence-electron chi connectivity index (χ4n) is 4.32. The first-order valence-corrected chi connectivity index (χ1v) is 14.7. The number of benzene rings is 2. The fraction of sp³-hybridized carbons (Fsp3) is 0.500. The van der Waals surface area contributed by atoms with Gasteiger partial charge in [-0.15, -0.1) is 0 Å². The third-order valence-electron chi connectivity index (χ3n) is 7.11. The highest BCUT2D eigenvalue weighted by molar-refractivity contribution is 7.89. The Labute approximate surface area is 234 Å². The number of nitrogens with one attached hydrogen (secondary N) is 2. The average molecular weight is 583 g/mol. The summed E-state index contributed by atoms with van der Waals surface area (Å²) < 4.78 is 67.9. The minimum absolute atomic E-state index is 0.0140. The molecule has 0 saturated carbocycles. The van der Waals surface area contributed by atoms with Crippen LogP contribution < -0.4 is 10.0 Å². The summed E-state index contributed by atoms with van der Waals surface area (Å²) in [7, 11) is -3.99. The van der Waals surface area contributed by atoms with Crippen molar-refractivity contribution < 1.29 is 31.2 Å². The molecular weight excluding hydrogens is 545 g/mol. The second kappa shape index (κ2) is 12.2. The molecule has 0 spiro atoms. The molecule has 12 heteroatoms. The highest BCUT2D eigenvalue weighted by atomic mass is 32.2. The third-order valence-corrected chi connectivity index (χ3v) is 8.57. The van der Waals surface area contributed by atoms with Crippen LogP contribution in [0.1, 0.15) is 52.2 Å². The quantitative estimate of drug-likeness (QED) is 0.476. The molecule has 2 atom stereocenters. The Hall–Kier alpha value is -3.12. The summed E-state index contributed by atoms with van der Waals surface area (Å²) in [6.07, 6.45) is -3.97. The van der Waals surface area contributed by atoms with Gasteiger partial charge < -0.3 is 15.1 Å². The van der Waals surface area contributed by atoms with Crippen LogP contribution in [0.25, 0.3) is 0 Å². The van der Waals surface area contributed by atoms with E-state index in [1.165, 1.54) is 34.1 Å². The SMILES string of the molecule is CCC(C)C(NS(=O)(=O)c1ccc(C(C)(C)C)cc1)C(=O)N1CCN(C(=O)Nc2cccc(C(F)(F)F)c2)CC1. The molecule has 0 radical (unpaired) electrons. The van der Waals surface area contributed by atoms with E-state index in [1.807, 2.05) is 27.7 Å². The summed E-state index contributed by atoms with van der Waals surface area (Å²) in [4.78, 5) is 29.1. The summed E-state index contributed by atoms with van der Waals surface area (Å²) in [6, 6.07) is 9.37. The first kappa shape index (κ1) is 31.4. The van der Waals surface area contributed by atoms with Crippen LogP contribution >= 0.6 is 0 Å².